The van der Waals surface area contributed by atoms with E-state index in [1.54, 1.807) is 46.4 Å². The van der Waals surface area contributed by atoms with Gasteiger partial charge in [0.15, 0.2) is 0 Å². The zero-order valence-electron chi connectivity index (χ0n) is 14.1. The maximum absolute atomic E-state index is 12.2. The minimum Gasteiger partial charge on any atom is -0.351 e. The Balaban J connectivity index is 1.83. The van der Waals surface area contributed by atoms with Crippen molar-refractivity contribution in [1.82, 2.24) is 24.8 Å². The van der Waals surface area contributed by atoms with Crippen molar-refractivity contribution in [2.45, 2.75) is 26.7 Å². The Labute approximate surface area is 141 Å². The van der Waals surface area contributed by atoms with Crippen molar-refractivity contribution in [2.24, 2.45) is 0 Å². The number of amides is 2. The highest BCUT2D eigenvalue weighted by Crippen LogP contribution is 2.05. The number of rotatable bonds is 8. The van der Waals surface area contributed by atoms with Crippen LogP contribution in [0.1, 0.15) is 37.2 Å². The Morgan fingerprint density at radius 3 is 2.71 bits per heavy atom. The number of imidazole rings is 1. The molecule has 2 heterocycles. The molecule has 0 aliphatic heterocycles. The molecule has 0 saturated heterocycles. The van der Waals surface area contributed by atoms with Crippen LogP contribution in [0.4, 0.5) is 0 Å². The van der Waals surface area contributed by atoms with Gasteiger partial charge < -0.3 is 10.2 Å². The van der Waals surface area contributed by atoms with Gasteiger partial charge in [0.05, 0.1) is 0 Å². The first kappa shape index (κ1) is 17.7. The maximum atomic E-state index is 12.2. The number of carbonyl (C=O) groups is 2. The quantitative estimate of drug-likeness (QED) is 0.747. The molecule has 7 heteroatoms. The minimum absolute atomic E-state index is 0.120. The van der Waals surface area contributed by atoms with Crippen molar-refractivity contribution in [3.05, 3.63) is 42.6 Å². The van der Waals surface area contributed by atoms with Crippen LogP contribution in [0.3, 0.4) is 0 Å². The SMILES string of the molecule is CCN(CC)C(=O)CCCNC(=O)c1cccc(-n2ccnc2)n1. The van der Waals surface area contributed by atoms with Crippen LogP contribution >= 0.6 is 0 Å². The van der Waals surface area contributed by atoms with Gasteiger partial charge in [0.2, 0.25) is 5.91 Å². The summed E-state index contributed by atoms with van der Waals surface area (Å²) in [6, 6.07) is 5.25. The second-order valence-corrected chi connectivity index (χ2v) is 5.28. The summed E-state index contributed by atoms with van der Waals surface area (Å²) < 4.78 is 1.74. The van der Waals surface area contributed by atoms with Gasteiger partial charge in [0, 0.05) is 38.4 Å². The number of hydrogen-bond donors (Lipinski definition) is 1. The first-order valence-corrected chi connectivity index (χ1v) is 8.17. The van der Waals surface area contributed by atoms with Gasteiger partial charge in [-0.2, -0.15) is 0 Å². The van der Waals surface area contributed by atoms with Gasteiger partial charge >= 0.3 is 0 Å². The molecule has 0 aliphatic carbocycles. The standard InChI is InChI=1S/C17H23N5O2/c1-3-21(4-2)16(23)9-6-10-19-17(24)14-7-5-8-15(20-14)22-12-11-18-13-22/h5,7-8,11-13H,3-4,6,9-10H2,1-2H3,(H,19,24). The zero-order valence-corrected chi connectivity index (χ0v) is 14.1. The normalized spacial score (nSPS) is 10.4. The van der Waals surface area contributed by atoms with E-state index in [9.17, 15) is 9.59 Å². The molecule has 128 valence electrons. The maximum Gasteiger partial charge on any atom is 0.269 e. The number of aromatic nitrogens is 3. The second-order valence-electron chi connectivity index (χ2n) is 5.28. The third-order valence-corrected chi connectivity index (χ3v) is 3.71. The summed E-state index contributed by atoms with van der Waals surface area (Å²) >= 11 is 0. The fourth-order valence-corrected chi connectivity index (χ4v) is 2.35. The average Bonchev–Trinajstić information content (AvgIpc) is 3.14. The zero-order chi connectivity index (χ0) is 17.4. The van der Waals surface area contributed by atoms with Gasteiger partial charge in [-0.25, -0.2) is 9.97 Å². The van der Waals surface area contributed by atoms with Crippen molar-refractivity contribution in [3.63, 3.8) is 0 Å². The molecular weight excluding hydrogens is 306 g/mol. The first-order valence-electron chi connectivity index (χ1n) is 8.17. The summed E-state index contributed by atoms with van der Waals surface area (Å²) in [4.78, 5) is 34.1. The molecule has 24 heavy (non-hydrogen) atoms. The molecular formula is C17H23N5O2. The molecule has 7 nitrogen and oxygen atoms in total. The molecule has 2 aromatic heterocycles. The molecule has 0 radical (unpaired) electrons. The molecule has 0 aliphatic rings. The highest BCUT2D eigenvalue weighted by atomic mass is 16.2. The van der Waals surface area contributed by atoms with Gasteiger partial charge in [-0.15, -0.1) is 0 Å². The van der Waals surface area contributed by atoms with Crippen LogP contribution in [0.2, 0.25) is 0 Å². The third kappa shape index (κ3) is 4.65. The molecule has 0 bridgehead atoms. The van der Waals surface area contributed by atoms with E-state index in [2.05, 4.69) is 15.3 Å². The highest BCUT2D eigenvalue weighted by Gasteiger charge is 2.11. The van der Waals surface area contributed by atoms with Crippen LogP contribution in [0.25, 0.3) is 5.82 Å². The van der Waals surface area contributed by atoms with Gasteiger partial charge in [-0.3, -0.25) is 14.2 Å². The Morgan fingerprint density at radius 2 is 2.04 bits per heavy atom. The van der Waals surface area contributed by atoms with E-state index in [1.807, 2.05) is 13.8 Å². The fourth-order valence-electron chi connectivity index (χ4n) is 2.35. The van der Waals surface area contributed by atoms with E-state index < -0.39 is 0 Å². The molecule has 2 amide bonds. The third-order valence-electron chi connectivity index (χ3n) is 3.71. The average molecular weight is 329 g/mol. The Bertz CT molecular complexity index is 665. The lowest BCUT2D eigenvalue weighted by Crippen LogP contribution is -2.31. The molecule has 0 saturated carbocycles. The van der Waals surface area contributed by atoms with Gasteiger partial charge in [0.1, 0.15) is 17.8 Å². The molecule has 0 unspecified atom stereocenters. The topological polar surface area (TPSA) is 80.1 Å². The molecule has 2 aromatic rings. The predicted molar refractivity (Wildman–Crippen MR) is 90.9 cm³/mol. The van der Waals surface area contributed by atoms with Crippen LogP contribution < -0.4 is 5.32 Å². The van der Waals surface area contributed by atoms with Crippen molar-refractivity contribution >= 4 is 11.8 Å². The number of nitrogens with one attached hydrogen (secondary N) is 1. The van der Waals surface area contributed by atoms with E-state index in [1.165, 1.54) is 0 Å². The number of hydrogen-bond acceptors (Lipinski definition) is 4. The van der Waals surface area contributed by atoms with Crippen LogP contribution in [-0.2, 0) is 4.79 Å². The van der Waals surface area contributed by atoms with E-state index in [0.717, 1.165) is 0 Å². The van der Waals surface area contributed by atoms with E-state index >= 15 is 0 Å². The summed E-state index contributed by atoms with van der Waals surface area (Å²) in [5.41, 5.74) is 0.344. The highest BCUT2D eigenvalue weighted by molar-refractivity contribution is 5.92. The van der Waals surface area contributed by atoms with E-state index in [0.29, 0.717) is 44.0 Å². The summed E-state index contributed by atoms with van der Waals surface area (Å²) in [7, 11) is 0. The van der Waals surface area contributed by atoms with Crippen LogP contribution in [0, 0.1) is 0 Å². The molecule has 2 rings (SSSR count). The molecule has 0 aromatic carbocycles. The molecule has 0 atom stereocenters. The van der Waals surface area contributed by atoms with Crippen LogP contribution in [-0.4, -0.2) is 50.9 Å². The predicted octanol–water partition coefficient (Wildman–Crippen LogP) is 1.65. The van der Waals surface area contributed by atoms with Crippen molar-refractivity contribution in [1.29, 1.82) is 0 Å². The molecule has 0 spiro atoms. The van der Waals surface area contributed by atoms with Gasteiger partial charge in [-0.05, 0) is 32.4 Å². The monoisotopic (exact) mass is 329 g/mol. The minimum atomic E-state index is -0.243. The number of nitrogens with zero attached hydrogens (tertiary/aromatic N) is 4. The summed E-state index contributed by atoms with van der Waals surface area (Å²) in [6.07, 6.45) is 6.10. The van der Waals surface area contributed by atoms with E-state index in [-0.39, 0.29) is 11.8 Å². The van der Waals surface area contributed by atoms with Gasteiger partial charge in [-0.1, -0.05) is 6.07 Å². The van der Waals surface area contributed by atoms with Crippen molar-refractivity contribution in [2.75, 3.05) is 19.6 Å². The summed E-state index contributed by atoms with van der Waals surface area (Å²) in [6.45, 7) is 5.80. The summed E-state index contributed by atoms with van der Waals surface area (Å²) in [5.74, 6) is 0.513. The lowest BCUT2D eigenvalue weighted by atomic mass is 10.2. The lowest BCUT2D eigenvalue weighted by Gasteiger charge is -2.18. The number of pyridine rings is 1. The Kier molecular flexibility index (Phi) is 6.48. The number of carbonyl (C=O) groups excluding carboxylic acids is 2. The molecule has 1 N–H and O–H groups in total. The van der Waals surface area contributed by atoms with Crippen molar-refractivity contribution < 1.29 is 9.59 Å². The lowest BCUT2D eigenvalue weighted by molar-refractivity contribution is -0.130. The van der Waals surface area contributed by atoms with Crippen molar-refractivity contribution in [3.8, 4) is 5.82 Å². The second kappa shape index (κ2) is 8.81. The smallest absolute Gasteiger partial charge is 0.269 e. The van der Waals surface area contributed by atoms with E-state index in [4.69, 9.17) is 0 Å². The Hall–Kier alpha value is -2.70. The fraction of sp³-hybridized carbons (Fsp3) is 0.412. The first-order chi connectivity index (χ1) is 11.7. The Morgan fingerprint density at radius 1 is 1.25 bits per heavy atom. The molecule has 0 fully saturated rings. The van der Waals surface area contributed by atoms with Crippen LogP contribution in [0.5, 0.6) is 0 Å². The van der Waals surface area contributed by atoms with Gasteiger partial charge in [0.25, 0.3) is 5.91 Å². The van der Waals surface area contributed by atoms with Crippen LogP contribution in [0.15, 0.2) is 36.9 Å². The summed E-state index contributed by atoms with van der Waals surface area (Å²) in [5, 5.41) is 2.80. The largest absolute Gasteiger partial charge is 0.351 e.